The molecule has 1 aliphatic carbocycles. The van der Waals surface area contributed by atoms with E-state index in [1.165, 1.54) is 0 Å². The number of carbonyl (C=O) groups is 2. The number of aromatic nitrogens is 3. The van der Waals surface area contributed by atoms with Gasteiger partial charge in [-0.2, -0.15) is 15.4 Å². The van der Waals surface area contributed by atoms with Gasteiger partial charge >= 0.3 is 0 Å². The van der Waals surface area contributed by atoms with Gasteiger partial charge in [0.2, 0.25) is 5.91 Å². The fourth-order valence-electron chi connectivity index (χ4n) is 3.06. The number of H-pyrrole nitrogens is 1. The van der Waals surface area contributed by atoms with Crippen LogP contribution >= 0.6 is 0 Å². The van der Waals surface area contributed by atoms with Crippen LogP contribution in [0, 0.1) is 0 Å². The Hall–Kier alpha value is -2.70. The molecule has 1 unspecified atom stereocenters. The summed E-state index contributed by atoms with van der Waals surface area (Å²) in [5.74, 6) is -0.139. The van der Waals surface area contributed by atoms with Crippen molar-refractivity contribution in [1.29, 1.82) is 0 Å². The predicted octanol–water partition coefficient (Wildman–Crippen LogP) is 1.000. The minimum absolute atomic E-state index is 0.117. The Kier molecular flexibility index (Phi) is 3.14. The third-order valence-corrected chi connectivity index (χ3v) is 4.47. The lowest BCUT2D eigenvalue weighted by molar-refractivity contribution is -0.120. The summed E-state index contributed by atoms with van der Waals surface area (Å²) in [6, 6.07) is 7.14. The SMILES string of the molecule is CN1C(=O)C(NC(=O)c2n[nH]nc2C2CC2)Cc2ccccc21. The van der Waals surface area contributed by atoms with Crippen LogP contribution in [-0.4, -0.2) is 40.3 Å². The zero-order chi connectivity index (χ0) is 16.0. The van der Waals surface area contributed by atoms with Crippen LogP contribution in [-0.2, 0) is 11.2 Å². The first-order chi connectivity index (χ1) is 11.1. The number of fused-ring (bicyclic) bond motifs is 1. The first-order valence-corrected chi connectivity index (χ1v) is 7.72. The van der Waals surface area contributed by atoms with E-state index in [9.17, 15) is 9.59 Å². The fourth-order valence-corrected chi connectivity index (χ4v) is 3.06. The van der Waals surface area contributed by atoms with Gasteiger partial charge in [-0.15, -0.1) is 0 Å². The zero-order valence-electron chi connectivity index (χ0n) is 12.7. The minimum Gasteiger partial charge on any atom is -0.338 e. The molecule has 2 amide bonds. The van der Waals surface area contributed by atoms with Crippen molar-refractivity contribution in [1.82, 2.24) is 20.7 Å². The molecule has 1 saturated carbocycles. The molecule has 0 spiro atoms. The molecule has 118 valence electrons. The van der Waals surface area contributed by atoms with Crippen molar-refractivity contribution >= 4 is 17.5 Å². The smallest absolute Gasteiger partial charge is 0.274 e. The summed E-state index contributed by atoms with van der Waals surface area (Å²) in [7, 11) is 1.73. The van der Waals surface area contributed by atoms with Crippen molar-refractivity contribution in [2.24, 2.45) is 0 Å². The average Bonchev–Trinajstić information content (AvgIpc) is 3.29. The molecule has 4 rings (SSSR count). The molecule has 1 aliphatic heterocycles. The summed E-state index contributed by atoms with van der Waals surface area (Å²) < 4.78 is 0. The van der Waals surface area contributed by atoms with E-state index in [1.54, 1.807) is 11.9 Å². The number of rotatable bonds is 3. The zero-order valence-corrected chi connectivity index (χ0v) is 12.7. The lowest BCUT2D eigenvalue weighted by Crippen LogP contribution is -2.51. The Morgan fingerprint density at radius 2 is 2.09 bits per heavy atom. The highest BCUT2D eigenvalue weighted by molar-refractivity contribution is 6.03. The predicted molar refractivity (Wildman–Crippen MR) is 83.2 cm³/mol. The minimum atomic E-state index is -0.578. The number of aromatic amines is 1. The number of nitrogens with zero attached hydrogens (tertiary/aromatic N) is 3. The number of benzene rings is 1. The summed E-state index contributed by atoms with van der Waals surface area (Å²) in [4.78, 5) is 26.6. The lowest BCUT2D eigenvalue weighted by Gasteiger charge is -2.31. The van der Waals surface area contributed by atoms with E-state index in [0.717, 1.165) is 24.1 Å². The molecule has 2 N–H and O–H groups in total. The van der Waals surface area contributed by atoms with Crippen molar-refractivity contribution in [2.75, 3.05) is 11.9 Å². The van der Waals surface area contributed by atoms with Crippen molar-refractivity contribution in [2.45, 2.75) is 31.2 Å². The van der Waals surface area contributed by atoms with Gasteiger partial charge in [0, 0.05) is 25.1 Å². The normalized spacial score (nSPS) is 20.3. The van der Waals surface area contributed by atoms with Crippen LogP contribution in [0.1, 0.15) is 40.5 Å². The second kappa shape index (κ2) is 5.19. The molecule has 2 aromatic rings. The lowest BCUT2D eigenvalue weighted by atomic mass is 9.97. The van der Waals surface area contributed by atoms with Crippen LogP contribution in [0.2, 0.25) is 0 Å². The Morgan fingerprint density at radius 3 is 2.87 bits per heavy atom. The molecule has 2 aliphatic rings. The van der Waals surface area contributed by atoms with Gasteiger partial charge in [0.25, 0.3) is 5.91 Å². The number of carbonyl (C=O) groups excluding carboxylic acids is 2. The average molecular weight is 311 g/mol. The summed E-state index contributed by atoms with van der Waals surface area (Å²) in [6.07, 6.45) is 2.55. The number of nitrogens with one attached hydrogen (secondary N) is 2. The van der Waals surface area contributed by atoms with Crippen LogP contribution in [0.15, 0.2) is 24.3 Å². The number of likely N-dealkylation sites (N-methyl/N-ethyl adjacent to an activating group) is 1. The van der Waals surface area contributed by atoms with Crippen molar-refractivity contribution in [3.63, 3.8) is 0 Å². The Bertz CT molecular complexity index is 780. The summed E-state index contributed by atoms with van der Waals surface area (Å²) in [5, 5.41) is 13.4. The van der Waals surface area contributed by atoms with Crippen LogP contribution in [0.3, 0.4) is 0 Å². The Morgan fingerprint density at radius 1 is 1.30 bits per heavy atom. The fraction of sp³-hybridized carbons (Fsp3) is 0.375. The molecule has 0 saturated heterocycles. The van der Waals surface area contributed by atoms with Crippen LogP contribution in [0.25, 0.3) is 0 Å². The van der Waals surface area contributed by atoms with Crippen molar-refractivity contribution < 1.29 is 9.59 Å². The van der Waals surface area contributed by atoms with E-state index in [0.29, 0.717) is 23.7 Å². The molecule has 1 fully saturated rings. The maximum Gasteiger partial charge on any atom is 0.274 e. The van der Waals surface area contributed by atoms with E-state index >= 15 is 0 Å². The summed E-state index contributed by atoms with van der Waals surface area (Å²) >= 11 is 0. The molecule has 1 aromatic heterocycles. The Balaban J connectivity index is 1.56. The maximum atomic E-state index is 12.5. The molecule has 23 heavy (non-hydrogen) atoms. The van der Waals surface area contributed by atoms with Gasteiger partial charge < -0.3 is 10.2 Å². The second-order valence-corrected chi connectivity index (χ2v) is 6.09. The first-order valence-electron chi connectivity index (χ1n) is 7.72. The second-order valence-electron chi connectivity index (χ2n) is 6.09. The van der Waals surface area contributed by atoms with E-state index in [-0.39, 0.29) is 11.8 Å². The van der Waals surface area contributed by atoms with Gasteiger partial charge in [-0.25, -0.2) is 0 Å². The molecule has 0 radical (unpaired) electrons. The molecular formula is C16H17N5O2. The number of hydrogen-bond donors (Lipinski definition) is 2. The number of para-hydroxylation sites is 1. The largest absolute Gasteiger partial charge is 0.338 e. The van der Waals surface area contributed by atoms with Gasteiger partial charge in [-0.1, -0.05) is 18.2 Å². The molecule has 1 atom stereocenters. The van der Waals surface area contributed by atoms with Crippen LogP contribution in [0.4, 0.5) is 5.69 Å². The number of hydrogen-bond acceptors (Lipinski definition) is 4. The highest BCUT2D eigenvalue weighted by Crippen LogP contribution is 2.40. The van der Waals surface area contributed by atoms with E-state index < -0.39 is 6.04 Å². The van der Waals surface area contributed by atoms with Crippen molar-refractivity contribution in [3.05, 3.63) is 41.2 Å². The van der Waals surface area contributed by atoms with Crippen LogP contribution in [0.5, 0.6) is 0 Å². The van der Waals surface area contributed by atoms with Gasteiger partial charge in [0.15, 0.2) is 5.69 Å². The van der Waals surface area contributed by atoms with Gasteiger partial charge in [-0.3, -0.25) is 9.59 Å². The quantitative estimate of drug-likeness (QED) is 0.884. The Labute approximate surface area is 133 Å². The molecule has 0 bridgehead atoms. The summed E-state index contributed by atoms with van der Waals surface area (Å²) in [5.41, 5.74) is 2.95. The molecule has 7 heteroatoms. The molecule has 2 heterocycles. The monoisotopic (exact) mass is 311 g/mol. The molecular weight excluding hydrogens is 294 g/mol. The van der Waals surface area contributed by atoms with E-state index in [2.05, 4.69) is 20.7 Å². The van der Waals surface area contributed by atoms with Crippen LogP contribution < -0.4 is 10.2 Å². The molecule has 1 aromatic carbocycles. The van der Waals surface area contributed by atoms with Gasteiger partial charge in [0.1, 0.15) is 6.04 Å². The van der Waals surface area contributed by atoms with Gasteiger partial charge in [-0.05, 0) is 24.5 Å². The molecule has 7 nitrogen and oxygen atoms in total. The third-order valence-electron chi connectivity index (χ3n) is 4.47. The highest BCUT2D eigenvalue weighted by Gasteiger charge is 2.35. The third kappa shape index (κ3) is 2.38. The highest BCUT2D eigenvalue weighted by atomic mass is 16.2. The van der Waals surface area contributed by atoms with E-state index in [1.807, 2.05) is 24.3 Å². The maximum absolute atomic E-state index is 12.5. The van der Waals surface area contributed by atoms with Crippen molar-refractivity contribution in [3.8, 4) is 0 Å². The standard InChI is InChI=1S/C16H17N5O2/c1-21-12-5-3-2-4-10(12)8-11(16(21)23)17-15(22)14-13(9-6-7-9)18-20-19-14/h2-5,9,11H,6-8H2,1H3,(H,17,22)(H,18,19,20). The number of amides is 2. The number of anilines is 1. The summed E-state index contributed by atoms with van der Waals surface area (Å²) in [6.45, 7) is 0. The topological polar surface area (TPSA) is 91.0 Å². The first kappa shape index (κ1) is 13.9. The van der Waals surface area contributed by atoms with E-state index in [4.69, 9.17) is 0 Å². The van der Waals surface area contributed by atoms with Gasteiger partial charge in [0.05, 0.1) is 5.69 Å².